The molecular formula is C15H17ClF3N3. The third-order valence-corrected chi connectivity index (χ3v) is 3.73. The summed E-state index contributed by atoms with van der Waals surface area (Å²) in [5.74, 6) is 0. The van der Waals surface area contributed by atoms with Crippen LogP contribution in [0, 0.1) is 6.92 Å². The molecule has 7 heteroatoms. The quantitative estimate of drug-likeness (QED) is 0.864. The fraction of sp³-hybridized carbons (Fsp3) is 0.400. The van der Waals surface area contributed by atoms with Gasteiger partial charge in [0.1, 0.15) is 6.04 Å². The van der Waals surface area contributed by atoms with Crippen LogP contribution in [-0.2, 0) is 6.54 Å². The molecule has 0 aliphatic carbocycles. The van der Waals surface area contributed by atoms with Gasteiger partial charge in [0.15, 0.2) is 0 Å². The van der Waals surface area contributed by atoms with Crippen LogP contribution in [0.1, 0.15) is 19.4 Å². The molecule has 0 saturated heterocycles. The standard InChI is InChI=1S/C15H17ClF3N3/c1-4-22-14(13(16)8-20-22)12-6-5-11(7-9(12)2)21-10(3)15(17,18)19/h5-8,10,21H,4H2,1-3H3. The lowest BCUT2D eigenvalue weighted by molar-refractivity contribution is -0.138. The molecule has 0 aliphatic rings. The molecule has 0 spiro atoms. The SMILES string of the molecule is CCn1ncc(Cl)c1-c1ccc(NC(C)C(F)(F)F)cc1C. The third kappa shape index (κ3) is 3.38. The smallest absolute Gasteiger partial charge is 0.374 e. The number of nitrogens with one attached hydrogen (secondary N) is 1. The molecule has 1 unspecified atom stereocenters. The van der Waals surface area contributed by atoms with Gasteiger partial charge in [-0.05, 0) is 38.5 Å². The van der Waals surface area contributed by atoms with Crippen LogP contribution in [0.3, 0.4) is 0 Å². The molecule has 22 heavy (non-hydrogen) atoms. The van der Waals surface area contributed by atoms with Crippen molar-refractivity contribution < 1.29 is 13.2 Å². The zero-order chi connectivity index (χ0) is 16.5. The van der Waals surface area contributed by atoms with Gasteiger partial charge in [-0.1, -0.05) is 17.7 Å². The van der Waals surface area contributed by atoms with Crippen molar-refractivity contribution in [2.45, 2.75) is 39.5 Å². The molecule has 2 aromatic rings. The summed E-state index contributed by atoms with van der Waals surface area (Å²) in [6, 6.07) is 3.45. The highest BCUT2D eigenvalue weighted by Crippen LogP contribution is 2.32. The van der Waals surface area contributed by atoms with Crippen molar-refractivity contribution >= 4 is 17.3 Å². The Balaban J connectivity index is 2.33. The lowest BCUT2D eigenvalue weighted by atomic mass is 10.0. The predicted octanol–water partition coefficient (Wildman–Crippen LogP) is 4.89. The molecule has 0 saturated carbocycles. The van der Waals surface area contributed by atoms with Crippen molar-refractivity contribution in [3.63, 3.8) is 0 Å². The average molecular weight is 332 g/mol. The van der Waals surface area contributed by atoms with E-state index in [0.717, 1.165) is 23.7 Å². The molecule has 0 radical (unpaired) electrons. The van der Waals surface area contributed by atoms with Crippen molar-refractivity contribution in [3.8, 4) is 11.3 Å². The van der Waals surface area contributed by atoms with Gasteiger partial charge in [0.05, 0.1) is 16.9 Å². The van der Waals surface area contributed by atoms with Crippen LogP contribution in [-0.4, -0.2) is 22.0 Å². The summed E-state index contributed by atoms with van der Waals surface area (Å²) in [6.07, 6.45) is -2.71. The fourth-order valence-electron chi connectivity index (χ4n) is 2.22. The van der Waals surface area contributed by atoms with E-state index in [1.165, 1.54) is 0 Å². The molecule has 1 aromatic carbocycles. The van der Waals surface area contributed by atoms with Crippen molar-refractivity contribution in [1.82, 2.24) is 9.78 Å². The highest BCUT2D eigenvalue weighted by Gasteiger charge is 2.35. The number of anilines is 1. The van der Waals surface area contributed by atoms with Crippen molar-refractivity contribution in [2.75, 3.05) is 5.32 Å². The number of alkyl halides is 3. The summed E-state index contributed by atoms with van der Waals surface area (Å²) in [4.78, 5) is 0. The van der Waals surface area contributed by atoms with Crippen molar-refractivity contribution in [3.05, 3.63) is 35.0 Å². The average Bonchev–Trinajstić information content (AvgIpc) is 2.79. The number of hydrogen-bond donors (Lipinski definition) is 1. The van der Waals surface area contributed by atoms with Crippen LogP contribution in [0.4, 0.5) is 18.9 Å². The summed E-state index contributed by atoms with van der Waals surface area (Å²) in [5, 5.41) is 7.16. The molecule has 1 aromatic heterocycles. The zero-order valence-electron chi connectivity index (χ0n) is 12.5. The minimum absolute atomic E-state index is 0.421. The van der Waals surface area contributed by atoms with E-state index in [4.69, 9.17) is 11.6 Å². The first-order valence-electron chi connectivity index (χ1n) is 6.89. The Kier molecular flexibility index (Phi) is 4.70. The van der Waals surface area contributed by atoms with E-state index < -0.39 is 12.2 Å². The highest BCUT2D eigenvalue weighted by molar-refractivity contribution is 6.33. The van der Waals surface area contributed by atoms with Gasteiger partial charge in [-0.15, -0.1) is 0 Å². The predicted molar refractivity (Wildman–Crippen MR) is 82.2 cm³/mol. The Bertz CT molecular complexity index is 665. The second kappa shape index (κ2) is 6.20. The van der Waals surface area contributed by atoms with Gasteiger partial charge >= 0.3 is 6.18 Å². The molecular weight excluding hydrogens is 315 g/mol. The molecule has 3 nitrogen and oxygen atoms in total. The van der Waals surface area contributed by atoms with Gasteiger partial charge in [0.2, 0.25) is 0 Å². The monoisotopic (exact) mass is 331 g/mol. The first-order chi connectivity index (χ1) is 10.2. The van der Waals surface area contributed by atoms with E-state index in [-0.39, 0.29) is 0 Å². The van der Waals surface area contributed by atoms with E-state index in [1.807, 2.05) is 13.8 Å². The molecule has 120 valence electrons. The maximum absolute atomic E-state index is 12.6. The fourth-order valence-corrected chi connectivity index (χ4v) is 2.46. The Labute approximate surface area is 132 Å². The Morgan fingerprint density at radius 3 is 2.59 bits per heavy atom. The van der Waals surface area contributed by atoms with E-state index in [0.29, 0.717) is 17.3 Å². The van der Waals surface area contributed by atoms with Crippen molar-refractivity contribution in [1.29, 1.82) is 0 Å². The maximum Gasteiger partial charge on any atom is 0.408 e. The number of rotatable bonds is 4. The van der Waals surface area contributed by atoms with Crippen LogP contribution < -0.4 is 5.32 Å². The summed E-state index contributed by atoms with van der Waals surface area (Å²) < 4.78 is 39.6. The normalized spacial score (nSPS) is 13.2. The summed E-state index contributed by atoms with van der Waals surface area (Å²) in [5.41, 5.74) is 2.88. The Morgan fingerprint density at radius 1 is 1.36 bits per heavy atom. The largest absolute Gasteiger partial charge is 0.408 e. The number of nitrogens with zero attached hydrogens (tertiary/aromatic N) is 2. The molecule has 0 amide bonds. The van der Waals surface area contributed by atoms with E-state index in [1.54, 1.807) is 29.1 Å². The summed E-state index contributed by atoms with van der Waals surface area (Å²) >= 11 is 6.17. The number of benzene rings is 1. The molecule has 0 aliphatic heterocycles. The van der Waals surface area contributed by atoms with Crippen LogP contribution in [0.2, 0.25) is 5.02 Å². The van der Waals surface area contributed by atoms with E-state index in [2.05, 4.69) is 10.4 Å². The number of aromatic nitrogens is 2. The first kappa shape index (κ1) is 16.7. The van der Waals surface area contributed by atoms with Gasteiger partial charge in [0.25, 0.3) is 0 Å². The molecule has 0 bridgehead atoms. The number of halogens is 4. The van der Waals surface area contributed by atoms with Gasteiger partial charge in [0, 0.05) is 17.8 Å². The molecule has 0 fully saturated rings. The first-order valence-corrected chi connectivity index (χ1v) is 7.27. The Hall–Kier alpha value is -1.69. The maximum atomic E-state index is 12.6. The van der Waals surface area contributed by atoms with Crippen LogP contribution >= 0.6 is 11.6 Å². The topological polar surface area (TPSA) is 29.9 Å². The lowest BCUT2D eigenvalue weighted by Crippen LogP contribution is -2.33. The Morgan fingerprint density at radius 2 is 2.05 bits per heavy atom. The second-order valence-corrected chi connectivity index (χ2v) is 5.50. The van der Waals surface area contributed by atoms with E-state index >= 15 is 0 Å². The molecule has 1 heterocycles. The van der Waals surface area contributed by atoms with Crippen LogP contribution in [0.25, 0.3) is 11.3 Å². The summed E-state index contributed by atoms with van der Waals surface area (Å²) in [6.45, 7) is 5.53. The van der Waals surface area contributed by atoms with Gasteiger partial charge < -0.3 is 5.32 Å². The van der Waals surface area contributed by atoms with Gasteiger partial charge in [-0.2, -0.15) is 18.3 Å². The van der Waals surface area contributed by atoms with Gasteiger partial charge in [-0.25, -0.2) is 0 Å². The molecule has 1 N–H and O–H groups in total. The zero-order valence-corrected chi connectivity index (χ0v) is 13.3. The highest BCUT2D eigenvalue weighted by atomic mass is 35.5. The minimum Gasteiger partial charge on any atom is -0.374 e. The molecule has 1 atom stereocenters. The van der Waals surface area contributed by atoms with Crippen molar-refractivity contribution in [2.24, 2.45) is 0 Å². The number of aryl methyl sites for hydroxylation is 2. The van der Waals surface area contributed by atoms with E-state index in [9.17, 15) is 13.2 Å². The lowest BCUT2D eigenvalue weighted by Gasteiger charge is -2.19. The van der Waals surface area contributed by atoms with Crippen LogP contribution in [0.15, 0.2) is 24.4 Å². The summed E-state index contributed by atoms with van der Waals surface area (Å²) in [7, 11) is 0. The number of hydrogen-bond acceptors (Lipinski definition) is 2. The minimum atomic E-state index is -4.28. The van der Waals surface area contributed by atoms with Crippen LogP contribution in [0.5, 0.6) is 0 Å². The van der Waals surface area contributed by atoms with Gasteiger partial charge in [-0.3, -0.25) is 4.68 Å². The second-order valence-electron chi connectivity index (χ2n) is 5.09. The molecule has 2 rings (SSSR count). The third-order valence-electron chi connectivity index (χ3n) is 3.45.